The van der Waals surface area contributed by atoms with Crippen LogP contribution in [-0.2, 0) is 4.79 Å². The average Bonchev–Trinajstić information content (AvgIpc) is 2.76. The normalized spacial score (nSPS) is 19.7. The molecule has 0 saturated carbocycles. The van der Waals surface area contributed by atoms with Gasteiger partial charge in [-0.25, -0.2) is 4.79 Å². The summed E-state index contributed by atoms with van der Waals surface area (Å²) in [5.74, 6) is -1.17. The molecule has 2 rings (SSSR count). The second-order valence-electron chi connectivity index (χ2n) is 4.48. The predicted molar refractivity (Wildman–Crippen MR) is 67.7 cm³/mol. The number of carboxylic acids is 1. The molecule has 1 aliphatic heterocycles. The van der Waals surface area contributed by atoms with Crippen LogP contribution >= 0.6 is 0 Å². The minimum absolute atomic E-state index is 0.117. The van der Waals surface area contributed by atoms with Crippen molar-refractivity contribution in [2.75, 3.05) is 18.9 Å². The Morgan fingerprint density at radius 2 is 2.11 bits per heavy atom. The highest BCUT2D eigenvalue weighted by molar-refractivity contribution is 6.02. The van der Waals surface area contributed by atoms with Gasteiger partial charge < -0.3 is 10.4 Å². The number of carboxylic acid groups (broad SMARTS) is 1. The Morgan fingerprint density at radius 1 is 1.39 bits per heavy atom. The number of para-hydroxylation sites is 1. The molecule has 0 aromatic heterocycles. The first kappa shape index (κ1) is 12.6. The van der Waals surface area contributed by atoms with Gasteiger partial charge >= 0.3 is 5.97 Å². The fourth-order valence-electron chi connectivity index (χ4n) is 2.24. The van der Waals surface area contributed by atoms with Crippen molar-refractivity contribution in [3.05, 3.63) is 29.8 Å². The summed E-state index contributed by atoms with van der Waals surface area (Å²) in [6.07, 6.45) is 1.81. The zero-order chi connectivity index (χ0) is 13.1. The van der Waals surface area contributed by atoms with Gasteiger partial charge in [0.1, 0.15) is 0 Å². The van der Waals surface area contributed by atoms with Crippen molar-refractivity contribution in [3.8, 4) is 0 Å². The fourth-order valence-corrected chi connectivity index (χ4v) is 2.24. The van der Waals surface area contributed by atoms with Gasteiger partial charge in [0.25, 0.3) is 0 Å². The highest BCUT2D eigenvalue weighted by atomic mass is 16.4. The summed E-state index contributed by atoms with van der Waals surface area (Å²) in [6.45, 7) is 0.901. The van der Waals surface area contributed by atoms with Gasteiger partial charge in [-0.05, 0) is 38.6 Å². The molecule has 1 fully saturated rings. The number of nitrogens with zero attached hydrogens (tertiary/aromatic N) is 1. The van der Waals surface area contributed by atoms with Gasteiger partial charge in [0, 0.05) is 0 Å². The van der Waals surface area contributed by atoms with Crippen molar-refractivity contribution >= 4 is 17.6 Å². The maximum atomic E-state index is 12.1. The van der Waals surface area contributed by atoms with E-state index in [-0.39, 0.29) is 17.5 Å². The minimum atomic E-state index is -1.04. The first-order chi connectivity index (χ1) is 8.59. The molecule has 1 saturated heterocycles. The minimum Gasteiger partial charge on any atom is -0.478 e. The number of anilines is 1. The van der Waals surface area contributed by atoms with Crippen LogP contribution in [0.3, 0.4) is 0 Å². The van der Waals surface area contributed by atoms with E-state index in [1.165, 1.54) is 6.07 Å². The summed E-state index contributed by atoms with van der Waals surface area (Å²) in [4.78, 5) is 25.1. The predicted octanol–water partition coefficient (Wildman–Crippen LogP) is 1.42. The number of carbonyl (C=O) groups excluding carboxylic acids is 1. The number of nitrogens with one attached hydrogen (secondary N) is 1. The zero-order valence-corrected chi connectivity index (χ0v) is 10.2. The molecule has 1 aliphatic rings. The highest BCUT2D eigenvalue weighted by Crippen LogP contribution is 2.19. The third-order valence-corrected chi connectivity index (χ3v) is 3.24. The van der Waals surface area contributed by atoms with Gasteiger partial charge in [0.2, 0.25) is 5.91 Å². The molecule has 2 N–H and O–H groups in total. The number of hydrogen-bond donors (Lipinski definition) is 2. The van der Waals surface area contributed by atoms with Crippen LogP contribution in [0.5, 0.6) is 0 Å². The van der Waals surface area contributed by atoms with E-state index in [1.54, 1.807) is 18.2 Å². The molecule has 5 heteroatoms. The smallest absolute Gasteiger partial charge is 0.337 e. The SMILES string of the molecule is CN1CCC[C@H]1C(=O)Nc1ccccc1C(=O)O. The van der Waals surface area contributed by atoms with Gasteiger partial charge in [0.15, 0.2) is 0 Å². The van der Waals surface area contributed by atoms with Gasteiger partial charge in [-0.3, -0.25) is 9.69 Å². The number of likely N-dealkylation sites (tertiary alicyclic amines) is 1. The molecule has 1 amide bonds. The number of likely N-dealkylation sites (N-methyl/N-ethyl adjacent to an activating group) is 1. The summed E-state index contributed by atoms with van der Waals surface area (Å²) in [5, 5.41) is 11.7. The van der Waals surface area contributed by atoms with Crippen molar-refractivity contribution in [2.45, 2.75) is 18.9 Å². The van der Waals surface area contributed by atoms with Gasteiger partial charge in [-0.2, -0.15) is 0 Å². The number of aromatic carboxylic acids is 1. The number of amides is 1. The molecule has 1 heterocycles. The van der Waals surface area contributed by atoms with Crippen molar-refractivity contribution in [1.29, 1.82) is 0 Å². The van der Waals surface area contributed by atoms with Crippen LogP contribution < -0.4 is 5.32 Å². The van der Waals surface area contributed by atoms with Gasteiger partial charge in [-0.15, -0.1) is 0 Å². The quantitative estimate of drug-likeness (QED) is 0.848. The van der Waals surface area contributed by atoms with Crippen molar-refractivity contribution in [3.63, 3.8) is 0 Å². The number of hydrogen-bond acceptors (Lipinski definition) is 3. The molecular weight excluding hydrogens is 232 g/mol. The van der Waals surface area contributed by atoms with Crippen LogP contribution in [0, 0.1) is 0 Å². The Labute approximate surface area is 105 Å². The first-order valence-corrected chi connectivity index (χ1v) is 5.93. The second-order valence-corrected chi connectivity index (χ2v) is 4.48. The zero-order valence-electron chi connectivity index (χ0n) is 10.2. The average molecular weight is 248 g/mol. The van der Waals surface area contributed by atoms with Crippen LogP contribution in [0.2, 0.25) is 0 Å². The Bertz CT molecular complexity index is 473. The van der Waals surface area contributed by atoms with E-state index in [9.17, 15) is 9.59 Å². The molecule has 0 bridgehead atoms. The van der Waals surface area contributed by atoms with E-state index in [4.69, 9.17) is 5.11 Å². The lowest BCUT2D eigenvalue weighted by atomic mass is 10.1. The lowest BCUT2D eigenvalue weighted by molar-refractivity contribution is -0.119. The second kappa shape index (κ2) is 5.18. The number of benzene rings is 1. The van der Waals surface area contributed by atoms with Crippen LogP contribution in [-0.4, -0.2) is 41.5 Å². The van der Waals surface area contributed by atoms with Gasteiger partial charge in [0.05, 0.1) is 17.3 Å². The van der Waals surface area contributed by atoms with E-state index in [2.05, 4.69) is 5.32 Å². The van der Waals surface area contributed by atoms with Crippen molar-refractivity contribution < 1.29 is 14.7 Å². The largest absolute Gasteiger partial charge is 0.478 e. The summed E-state index contributed by atoms with van der Waals surface area (Å²) >= 11 is 0. The Kier molecular flexibility index (Phi) is 3.62. The number of rotatable bonds is 3. The fraction of sp³-hybridized carbons (Fsp3) is 0.385. The highest BCUT2D eigenvalue weighted by Gasteiger charge is 2.28. The van der Waals surface area contributed by atoms with E-state index in [0.717, 1.165) is 19.4 Å². The van der Waals surface area contributed by atoms with E-state index in [1.807, 2.05) is 11.9 Å². The molecule has 5 nitrogen and oxygen atoms in total. The maximum Gasteiger partial charge on any atom is 0.337 e. The van der Waals surface area contributed by atoms with Crippen LogP contribution in [0.1, 0.15) is 23.2 Å². The Morgan fingerprint density at radius 3 is 2.72 bits per heavy atom. The lowest BCUT2D eigenvalue weighted by Gasteiger charge is -2.19. The monoisotopic (exact) mass is 248 g/mol. The van der Waals surface area contributed by atoms with E-state index < -0.39 is 5.97 Å². The van der Waals surface area contributed by atoms with Crippen LogP contribution in [0.4, 0.5) is 5.69 Å². The van der Waals surface area contributed by atoms with E-state index >= 15 is 0 Å². The van der Waals surface area contributed by atoms with E-state index in [0.29, 0.717) is 5.69 Å². The molecule has 96 valence electrons. The Hall–Kier alpha value is -1.88. The summed E-state index contributed by atoms with van der Waals surface area (Å²) in [7, 11) is 1.90. The van der Waals surface area contributed by atoms with Crippen LogP contribution in [0.15, 0.2) is 24.3 Å². The summed E-state index contributed by atoms with van der Waals surface area (Å²) in [5.41, 5.74) is 0.474. The molecule has 1 atom stereocenters. The number of carbonyl (C=O) groups is 2. The van der Waals surface area contributed by atoms with Crippen LogP contribution in [0.25, 0.3) is 0 Å². The summed E-state index contributed by atoms with van der Waals surface area (Å²) in [6, 6.07) is 6.28. The van der Waals surface area contributed by atoms with Crippen molar-refractivity contribution in [1.82, 2.24) is 4.90 Å². The van der Waals surface area contributed by atoms with Gasteiger partial charge in [-0.1, -0.05) is 12.1 Å². The van der Waals surface area contributed by atoms with Crippen molar-refractivity contribution in [2.24, 2.45) is 0 Å². The molecule has 0 radical (unpaired) electrons. The third-order valence-electron chi connectivity index (χ3n) is 3.24. The molecule has 1 aromatic carbocycles. The molecule has 0 spiro atoms. The summed E-state index contributed by atoms with van der Waals surface area (Å²) < 4.78 is 0. The topological polar surface area (TPSA) is 69.6 Å². The molecular formula is C13H16N2O3. The first-order valence-electron chi connectivity index (χ1n) is 5.93. The molecule has 0 unspecified atom stereocenters. The standard InChI is InChI=1S/C13H16N2O3/c1-15-8-4-7-11(15)12(16)14-10-6-3-2-5-9(10)13(17)18/h2-3,5-6,11H,4,7-8H2,1H3,(H,14,16)(H,17,18)/t11-/m0/s1. The molecule has 18 heavy (non-hydrogen) atoms. The molecule has 0 aliphatic carbocycles. The third kappa shape index (κ3) is 2.51. The molecule has 1 aromatic rings. The lowest BCUT2D eigenvalue weighted by Crippen LogP contribution is -2.37. The Balaban J connectivity index is 2.14. The maximum absolute atomic E-state index is 12.1.